The first-order chi connectivity index (χ1) is 6.69. The molecule has 1 aromatic rings. The van der Waals surface area contributed by atoms with E-state index in [9.17, 15) is 0 Å². The van der Waals surface area contributed by atoms with E-state index in [-0.39, 0.29) is 5.54 Å². The molecule has 0 N–H and O–H groups in total. The molecule has 2 aliphatic rings. The molecule has 3 atom stereocenters. The molecule has 0 saturated carbocycles. The highest BCUT2D eigenvalue weighted by Crippen LogP contribution is 2.52. The summed E-state index contributed by atoms with van der Waals surface area (Å²) in [5.41, 5.74) is 1.60. The topological polar surface area (TPSA) is 15.5 Å². The molecule has 0 spiro atoms. The van der Waals surface area contributed by atoms with E-state index in [2.05, 4.69) is 49.2 Å². The Kier molecular flexibility index (Phi) is 1.56. The van der Waals surface area contributed by atoms with Crippen LogP contribution >= 0.6 is 0 Å². The highest BCUT2D eigenvalue weighted by Gasteiger charge is 2.59. The summed E-state index contributed by atoms with van der Waals surface area (Å²) in [7, 11) is 0. The lowest BCUT2D eigenvalue weighted by molar-refractivity contribution is 0.0632. The van der Waals surface area contributed by atoms with E-state index in [0.29, 0.717) is 12.1 Å². The van der Waals surface area contributed by atoms with Crippen LogP contribution in [0.1, 0.15) is 31.7 Å². The van der Waals surface area contributed by atoms with Crippen LogP contribution in [-0.2, 0) is 4.84 Å². The Morgan fingerprint density at radius 1 is 1.29 bits per heavy atom. The van der Waals surface area contributed by atoms with Gasteiger partial charge in [0.25, 0.3) is 0 Å². The fraction of sp³-hybridized carbons (Fsp3) is 0.500. The Labute approximate surface area is 84.4 Å². The van der Waals surface area contributed by atoms with Gasteiger partial charge in [0.15, 0.2) is 6.23 Å². The van der Waals surface area contributed by atoms with E-state index >= 15 is 0 Å². The first kappa shape index (κ1) is 8.45. The van der Waals surface area contributed by atoms with Gasteiger partial charge in [-0.1, -0.05) is 30.3 Å². The minimum Gasteiger partial charge on any atom is -0.275 e. The molecule has 2 fully saturated rings. The average Bonchev–Trinajstić information content (AvgIpc) is 2.90. The summed E-state index contributed by atoms with van der Waals surface area (Å²) in [5, 5.41) is 2.13. The molecule has 2 heterocycles. The third-order valence-corrected chi connectivity index (χ3v) is 3.51. The Bertz CT molecular complexity index is 347. The molecule has 0 bridgehead atoms. The van der Waals surface area contributed by atoms with E-state index in [4.69, 9.17) is 4.84 Å². The van der Waals surface area contributed by atoms with Crippen molar-refractivity contribution in [3.05, 3.63) is 35.9 Å². The lowest BCUT2D eigenvalue weighted by Gasteiger charge is -2.29. The largest absolute Gasteiger partial charge is 0.275 e. The fourth-order valence-corrected chi connectivity index (χ4v) is 2.62. The van der Waals surface area contributed by atoms with Crippen LogP contribution in [0.15, 0.2) is 30.3 Å². The molecule has 1 aromatic carbocycles. The van der Waals surface area contributed by atoms with Gasteiger partial charge in [-0.2, -0.15) is 5.06 Å². The summed E-state index contributed by atoms with van der Waals surface area (Å²) in [6, 6.07) is 10.7. The monoisotopic (exact) mass is 189 g/mol. The maximum Gasteiger partial charge on any atom is 0.155 e. The van der Waals surface area contributed by atoms with E-state index in [1.807, 2.05) is 0 Å². The van der Waals surface area contributed by atoms with Gasteiger partial charge in [0, 0.05) is 5.92 Å². The zero-order valence-corrected chi connectivity index (χ0v) is 8.60. The maximum atomic E-state index is 5.45. The quantitative estimate of drug-likeness (QED) is 0.631. The highest BCUT2D eigenvalue weighted by atomic mass is 16.8. The van der Waals surface area contributed by atoms with E-state index in [1.54, 1.807) is 0 Å². The van der Waals surface area contributed by atoms with Crippen molar-refractivity contribution in [3.63, 3.8) is 0 Å². The number of rotatable bonds is 1. The predicted octanol–water partition coefficient (Wildman–Crippen LogP) is 2.53. The highest BCUT2D eigenvalue weighted by molar-refractivity contribution is 5.26. The van der Waals surface area contributed by atoms with Gasteiger partial charge >= 0.3 is 0 Å². The number of hydrogen-bond donors (Lipinski definition) is 0. The molecule has 0 aromatic heterocycles. The van der Waals surface area contributed by atoms with Crippen molar-refractivity contribution in [2.45, 2.75) is 38.0 Å². The first-order valence-corrected chi connectivity index (χ1v) is 5.20. The minimum atomic E-state index is 0.159. The number of benzene rings is 1. The summed E-state index contributed by atoms with van der Waals surface area (Å²) in [6.45, 7) is 4.52. The molecule has 0 aliphatic carbocycles. The zero-order valence-electron chi connectivity index (χ0n) is 8.60. The molecule has 74 valence electrons. The van der Waals surface area contributed by atoms with Crippen molar-refractivity contribution >= 4 is 0 Å². The van der Waals surface area contributed by atoms with Crippen LogP contribution < -0.4 is 0 Å². The fourth-order valence-electron chi connectivity index (χ4n) is 2.62. The second-order valence-electron chi connectivity index (χ2n) is 4.74. The first-order valence-electron chi connectivity index (χ1n) is 5.20. The van der Waals surface area contributed by atoms with Gasteiger partial charge in [0.2, 0.25) is 0 Å². The predicted molar refractivity (Wildman–Crippen MR) is 54.6 cm³/mol. The normalized spacial score (nSPS) is 38.0. The SMILES string of the molecule is CC1(C)[C@@H](c2ccccc2)C[C@H]2ON21. The van der Waals surface area contributed by atoms with Crippen molar-refractivity contribution in [1.82, 2.24) is 5.06 Å². The van der Waals surface area contributed by atoms with Gasteiger partial charge in [0.05, 0.1) is 5.54 Å². The van der Waals surface area contributed by atoms with Gasteiger partial charge in [-0.25, -0.2) is 0 Å². The van der Waals surface area contributed by atoms with Crippen LogP contribution in [0.25, 0.3) is 0 Å². The molecule has 1 unspecified atom stereocenters. The van der Waals surface area contributed by atoms with E-state index in [1.165, 1.54) is 5.56 Å². The van der Waals surface area contributed by atoms with E-state index < -0.39 is 0 Å². The van der Waals surface area contributed by atoms with E-state index in [0.717, 1.165) is 6.42 Å². The molecule has 0 amide bonds. The molecule has 2 heteroatoms. The van der Waals surface area contributed by atoms with Gasteiger partial charge in [-0.05, 0) is 25.8 Å². The maximum absolute atomic E-state index is 5.45. The third kappa shape index (κ3) is 1.04. The second-order valence-corrected chi connectivity index (χ2v) is 4.74. The van der Waals surface area contributed by atoms with Gasteiger partial charge < -0.3 is 0 Å². The van der Waals surface area contributed by atoms with Crippen LogP contribution in [0, 0.1) is 0 Å². The van der Waals surface area contributed by atoms with Crippen molar-refractivity contribution in [3.8, 4) is 0 Å². The number of hydrogen-bond acceptors (Lipinski definition) is 2. The van der Waals surface area contributed by atoms with Crippen molar-refractivity contribution in [2.24, 2.45) is 0 Å². The Morgan fingerprint density at radius 3 is 2.57 bits per heavy atom. The summed E-state index contributed by atoms with van der Waals surface area (Å²) < 4.78 is 0. The van der Waals surface area contributed by atoms with Crippen LogP contribution in [0.4, 0.5) is 0 Å². The lowest BCUT2D eigenvalue weighted by Crippen LogP contribution is -2.33. The van der Waals surface area contributed by atoms with Crippen LogP contribution in [0.3, 0.4) is 0 Å². The Morgan fingerprint density at radius 2 is 2.00 bits per heavy atom. The molecule has 2 nitrogen and oxygen atoms in total. The number of hydroxylamine groups is 2. The summed E-state index contributed by atoms with van der Waals surface area (Å²) >= 11 is 0. The van der Waals surface area contributed by atoms with Gasteiger partial charge in [-0.3, -0.25) is 4.84 Å². The number of fused-ring (bicyclic) bond motifs is 1. The third-order valence-electron chi connectivity index (χ3n) is 3.51. The van der Waals surface area contributed by atoms with Gasteiger partial charge in [-0.15, -0.1) is 0 Å². The second kappa shape index (κ2) is 2.59. The molecule has 14 heavy (non-hydrogen) atoms. The minimum absolute atomic E-state index is 0.159. The van der Waals surface area contributed by atoms with Gasteiger partial charge in [0.1, 0.15) is 0 Å². The lowest BCUT2D eigenvalue weighted by atomic mass is 9.83. The van der Waals surface area contributed by atoms with Crippen LogP contribution in [0.2, 0.25) is 0 Å². The molecule has 3 rings (SSSR count). The van der Waals surface area contributed by atoms with Crippen molar-refractivity contribution in [2.75, 3.05) is 0 Å². The molecular formula is C12H15NO. The molecular weight excluding hydrogens is 174 g/mol. The standard InChI is InChI=1S/C12H15NO/c1-12(2)10(8-11-13(12)14-11)9-6-4-3-5-7-9/h3-7,10-11H,8H2,1-2H3/t10-,11-,13?/m1/s1. The molecule has 2 aliphatic heterocycles. The smallest absolute Gasteiger partial charge is 0.155 e. The Hall–Kier alpha value is -0.860. The van der Waals surface area contributed by atoms with Crippen LogP contribution in [-0.4, -0.2) is 16.8 Å². The summed E-state index contributed by atoms with van der Waals surface area (Å²) in [6.07, 6.45) is 1.52. The summed E-state index contributed by atoms with van der Waals surface area (Å²) in [4.78, 5) is 5.45. The number of nitrogens with zero attached hydrogens (tertiary/aromatic N) is 1. The molecule has 0 radical (unpaired) electrons. The Balaban J connectivity index is 1.94. The zero-order chi connectivity index (χ0) is 9.76. The summed E-state index contributed by atoms with van der Waals surface area (Å²) in [5.74, 6) is 0.613. The van der Waals surface area contributed by atoms with Crippen LogP contribution in [0.5, 0.6) is 0 Å². The van der Waals surface area contributed by atoms with Crippen molar-refractivity contribution < 1.29 is 4.84 Å². The van der Waals surface area contributed by atoms with Crippen molar-refractivity contribution in [1.29, 1.82) is 0 Å². The molecule has 2 saturated heterocycles. The average molecular weight is 189 g/mol.